The van der Waals surface area contributed by atoms with Crippen LogP contribution in [0.5, 0.6) is 0 Å². The number of hydrogen-bond donors (Lipinski definition) is 2. The van der Waals surface area contributed by atoms with Crippen LogP contribution in [0.2, 0.25) is 0 Å². The van der Waals surface area contributed by atoms with Gasteiger partial charge >= 0.3 is 0 Å². The number of aliphatic hydroxyl groups excluding tert-OH is 1. The van der Waals surface area contributed by atoms with Crippen LogP contribution in [0, 0.1) is 0 Å². The molecule has 0 bridgehead atoms. The molecular formula is C14H28N2O2. The zero-order valence-electron chi connectivity index (χ0n) is 12.0. The average molecular weight is 256 g/mol. The smallest absolute Gasteiger partial charge is 0.0753 e. The highest BCUT2D eigenvalue weighted by atomic mass is 16.5. The van der Waals surface area contributed by atoms with Crippen molar-refractivity contribution >= 4 is 0 Å². The second-order valence-corrected chi connectivity index (χ2v) is 6.52. The Hall–Kier alpha value is -0.160. The zero-order chi connectivity index (χ0) is 13.2. The lowest BCUT2D eigenvalue weighted by Gasteiger charge is -2.48. The molecule has 2 fully saturated rings. The highest BCUT2D eigenvalue weighted by molar-refractivity contribution is 4.97. The molecule has 0 spiro atoms. The molecule has 18 heavy (non-hydrogen) atoms. The number of nitrogens with zero attached hydrogens (tertiary/aromatic N) is 1. The maximum atomic E-state index is 9.65. The molecule has 1 aliphatic carbocycles. The molecule has 0 aromatic rings. The molecule has 2 atom stereocenters. The van der Waals surface area contributed by atoms with Crippen LogP contribution >= 0.6 is 0 Å². The largest absolute Gasteiger partial charge is 0.394 e. The van der Waals surface area contributed by atoms with Gasteiger partial charge in [0.15, 0.2) is 0 Å². The van der Waals surface area contributed by atoms with Crippen molar-refractivity contribution in [3.8, 4) is 0 Å². The number of aliphatic hydroxyl groups is 1. The summed E-state index contributed by atoms with van der Waals surface area (Å²) < 4.78 is 5.78. The number of rotatable bonds is 3. The maximum absolute atomic E-state index is 9.65. The molecule has 2 aliphatic rings. The number of nitrogens with one attached hydrogen (secondary N) is 1. The first-order valence-electron chi connectivity index (χ1n) is 7.18. The van der Waals surface area contributed by atoms with E-state index in [4.69, 9.17) is 4.74 Å². The van der Waals surface area contributed by atoms with E-state index in [-0.39, 0.29) is 17.7 Å². The van der Waals surface area contributed by atoms with Crippen molar-refractivity contribution in [2.45, 2.75) is 56.7 Å². The van der Waals surface area contributed by atoms with E-state index in [0.29, 0.717) is 6.04 Å². The molecule has 1 saturated carbocycles. The van der Waals surface area contributed by atoms with Crippen molar-refractivity contribution < 1.29 is 9.84 Å². The second kappa shape index (κ2) is 5.45. The van der Waals surface area contributed by atoms with E-state index in [1.54, 1.807) is 0 Å². The van der Waals surface area contributed by atoms with Crippen molar-refractivity contribution in [2.75, 3.05) is 33.4 Å². The average Bonchev–Trinajstić information content (AvgIpc) is 2.37. The van der Waals surface area contributed by atoms with Gasteiger partial charge in [-0.25, -0.2) is 0 Å². The first-order chi connectivity index (χ1) is 8.50. The molecule has 2 N–H and O–H groups in total. The highest BCUT2D eigenvalue weighted by Crippen LogP contribution is 2.32. The molecule has 106 valence electrons. The van der Waals surface area contributed by atoms with Crippen molar-refractivity contribution in [3.63, 3.8) is 0 Å². The number of ether oxygens (including phenoxy) is 1. The lowest BCUT2D eigenvalue weighted by atomic mass is 9.78. The lowest BCUT2D eigenvalue weighted by molar-refractivity contribution is -0.105. The minimum absolute atomic E-state index is 0.0305. The summed E-state index contributed by atoms with van der Waals surface area (Å²) in [6, 6.07) is 0.585. The SMILES string of the molecule is CNC1(CO)CCCC(N2CCOC(C)(C)C2)C1. The topological polar surface area (TPSA) is 44.7 Å². The van der Waals surface area contributed by atoms with Crippen molar-refractivity contribution in [1.82, 2.24) is 10.2 Å². The molecule has 2 rings (SSSR count). The lowest BCUT2D eigenvalue weighted by Crippen LogP contribution is -2.58. The standard InChI is InChI=1S/C14H28N2O2/c1-13(2)10-16(7-8-18-13)12-5-4-6-14(9-12,11-17)15-3/h12,15,17H,4-11H2,1-3H3. The Kier molecular flexibility index (Phi) is 4.32. The molecule has 2 unspecified atom stereocenters. The Morgan fingerprint density at radius 3 is 2.83 bits per heavy atom. The van der Waals surface area contributed by atoms with Crippen molar-refractivity contribution in [3.05, 3.63) is 0 Å². The molecule has 4 nitrogen and oxygen atoms in total. The van der Waals surface area contributed by atoms with Crippen molar-refractivity contribution in [2.24, 2.45) is 0 Å². The van der Waals surface area contributed by atoms with Gasteiger partial charge in [0, 0.05) is 24.7 Å². The van der Waals surface area contributed by atoms with Gasteiger partial charge in [-0.3, -0.25) is 4.90 Å². The number of hydrogen-bond acceptors (Lipinski definition) is 4. The van der Waals surface area contributed by atoms with Gasteiger partial charge in [0.2, 0.25) is 0 Å². The van der Waals surface area contributed by atoms with E-state index >= 15 is 0 Å². The summed E-state index contributed by atoms with van der Waals surface area (Å²) in [4.78, 5) is 2.56. The molecule has 0 amide bonds. The Balaban J connectivity index is 2.00. The zero-order valence-corrected chi connectivity index (χ0v) is 12.0. The van der Waals surface area contributed by atoms with Crippen molar-refractivity contribution in [1.29, 1.82) is 0 Å². The van der Waals surface area contributed by atoms with Crippen LogP contribution in [0.25, 0.3) is 0 Å². The summed E-state index contributed by atoms with van der Waals surface area (Å²) in [7, 11) is 1.97. The number of likely N-dealkylation sites (N-methyl/N-ethyl adjacent to an activating group) is 1. The van der Waals surface area contributed by atoms with E-state index in [0.717, 1.165) is 32.5 Å². The molecule has 1 heterocycles. The highest BCUT2D eigenvalue weighted by Gasteiger charge is 2.39. The van der Waals surface area contributed by atoms with Gasteiger partial charge in [0.05, 0.1) is 18.8 Å². The Morgan fingerprint density at radius 1 is 1.44 bits per heavy atom. The van der Waals surface area contributed by atoms with E-state index in [2.05, 4.69) is 24.1 Å². The normalized spacial score (nSPS) is 37.7. The molecule has 0 aromatic heterocycles. The minimum atomic E-state index is -0.0641. The van der Waals surface area contributed by atoms with Gasteiger partial charge in [-0.05, 0) is 46.6 Å². The van der Waals surface area contributed by atoms with Gasteiger partial charge in [0.25, 0.3) is 0 Å². The Morgan fingerprint density at radius 2 is 2.22 bits per heavy atom. The van der Waals surface area contributed by atoms with Crippen LogP contribution in [0.4, 0.5) is 0 Å². The summed E-state index contributed by atoms with van der Waals surface area (Å²) >= 11 is 0. The predicted molar refractivity (Wildman–Crippen MR) is 72.7 cm³/mol. The second-order valence-electron chi connectivity index (χ2n) is 6.52. The van der Waals surface area contributed by atoms with E-state index in [9.17, 15) is 5.11 Å². The fourth-order valence-electron chi connectivity index (χ4n) is 3.46. The summed E-state index contributed by atoms with van der Waals surface area (Å²) in [6.07, 6.45) is 4.59. The molecular weight excluding hydrogens is 228 g/mol. The van der Waals surface area contributed by atoms with E-state index in [1.807, 2.05) is 7.05 Å². The predicted octanol–water partition coefficient (Wildman–Crippen LogP) is 0.990. The summed E-state index contributed by atoms with van der Waals surface area (Å²) in [5.74, 6) is 0. The van der Waals surface area contributed by atoms with Crippen LogP contribution < -0.4 is 5.32 Å². The Labute approximate surface area is 111 Å². The van der Waals surface area contributed by atoms with Gasteiger partial charge in [0.1, 0.15) is 0 Å². The Bertz CT molecular complexity index is 277. The molecule has 4 heteroatoms. The first kappa shape index (κ1) is 14.3. The van der Waals surface area contributed by atoms with E-state index < -0.39 is 0 Å². The molecule has 0 aromatic carbocycles. The molecule has 1 aliphatic heterocycles. The van der Waals surface area contributed by atoms with Gasteiger partial charge in [-0.2, -0.15) is 0 Å². The molecule has 0 radical (unpaired) electrons. The fraction of sp³-hybridized carbons (Fsp3) is 1.00. The third-order valence-electron chi connectivity index (χ3n) is 4.62. The summed E-state index contributed by atoms with van der Waals surface area (Å²) in [6.45, 7) is 7.43. The van der Waals surface area contributed by atoms with Gasteiger partial charge in [-0.1, -0.05) is 0 Å². The minimum Gasteiger partial charge on any atom is -0.394 e. The third-order valence-corrected chi connectivity index (χ3v) is 4.62. The first-order valence-corrected chi connectivity index (χ1v) is 7.18. The van der Waals surface area contributed by atoms with Gasteiger partial charge < -0.3 is 15.2 Å². The molecule has 1 saturated heterocycles. The van der Waals surface area contributed by atoms with Crippen LogP contribution in [-0.4, -0.2) is 60.5 Å². The summed E-state index contributed by atoms with van der Waals surface area (Å²) in [5, 5.41) is 13.0. The fourth-order valence-corrected chi connectivity index (χ4v) is 3.46. The van der Waals surface area contributed by atoms with Crippen LogP contribution in [0.15, 0.2) is 0 Å². The quantitative estimate of drug-likeness (QED) is 0.790. The third kappa shape index (κ3) is 3.05. The van der Waals surface area contributed by atoms with Crippen LogP contribution in [0.3, 0.4) is 0 Å². The number of morpholine rings is 1. The van der Waals surface area contributed by atoms with Crippen LogP contribution in [-0.2, 0) is 4.74 Å². The summed E-state index contributed by atoms with van der Waals surface area (Å²) in [5.41, 5.74) is -0.0947. The van der Waals surface area contributed by atoms with Gasteiger partial charge in [-0.15, -0.1) is 0 Å². The van der Waals surface area contributed by atoms with E-state index in [1.165, 1.54) is 12.8 Å². The van der Waals surface area contributed by atoms with Crippen LogP contribution in [0.1, 0.15) is 39.5 Å². The monoisotopic (exact) mass is 256 g/mol. The maximum Gasteiger partial charge on any atom is 0.0753 e.